The van der Waals surface area contributed by atoms with E-state index in [-0.39, 0.29) is 0 Å². The predicted octanol–water partition coefficient (Wildman–Crippen LogP) is 4.37. The first kappa shape index (κ1) is 23.3. The summed E-state index contributed by atoms with van der Waals surface area (Å²) in [5, 5.41) is 11.1. The van der Waals surface area contributed by atoms with E-state index in [2.05, 4.69) is 33.5 Å². The Morgan fingerprint density at radius 2 is 1.67 bits per heavy atom. The first-order chi connectivity index (χ1) is 16.0. The molecular weight excluding hydrogens is 414 g/mol. The topological polar surface area (TPSA) is 59.8 Å². The smallest absolute Gasteiger partial charge is 0.119 e. The second kappa shape index (κ2) is 10.9. The molecule has 3 aromatic rings. The number of imidazole rings is 1. The van der Waals surface area contributed by atoms with Crippen molar-refractivity contribution >= 4 is 0 Å². The van der Waals surface area contributed by atoms with E-state index in [9.17, 15) is 5.11 Å². The van der Waals surface area contributed by atoms with Gasteiger partial charge >= 0.3 is 0 Å². The van der Waals surface area contributed by atoms with Crippen LogP contribution in [0.4, 0.5) is 0 Å². The molecule has 6 heteroatoms. The van der Waals surface area contributed by atoms with Crippen LogP contribution in [0.5, 0.6) is 11.5 Å². The molecule has 1 aliphatic rings. The monoisotopic (exact) mass is 449 g/mol. The molecule has 33 heavy (non-hydrogen) atoms. The van der Waals surface area contributed by atoms with Crippen LogP contribution in [-0.2, 0) is 13.1 Å². The zero-order valence-corrected chi connectivity index (χ0v) is 19.7. The van der Waals surface area contributed by atoms with Crippen LogP contribution in [0.2, 0.25) is 0 Å². The van der Waals surface area contributed by atoms with E-state index in [1.54, 1.807) is 0 Å². The van der Waals surface area contributed by atoms with Gasteiger partial charge in [-0.1, -0.05) is 29.8 Å². The maximum atomic E-state index is 11.1. The van der Waals surface area contributed by atoms with E-state index in [0.717, 1.165) is 56.3 Å². The minimum absolute atomic E-state index is 0.342. The first-order valence-electron chi connectivity index (χ1n) is 11.8. The molecule has 0 bridgehead atoms. The highest BCUT2D eigenvalue weighted by Crippen LogP contribution is 2.25. The molecule has 1 saturated heterocycles. The van der Waals surface area contributed by atoms with Crippen molar-refractivity contribution in [3.8, 4) is 11.5 Å². The molecule has 1 unspecified atom stereocenters. The lowest BCUT2D eigenvalue weighted by molar-refractivity contribution is -0.0168. The lowest BCUT2D eigenvalue weighted by atomic mass is 9.96. The molecule has 176 valence electrons. The van der Waals surface area contributed by atoms with E-state index in [1.165, 1.54) is 11.1 Å². The molecule has 1 N–H and O–H groups in total. The number of aliphatic hydroxyl groups is 1. The Kier molecular flexibility index (Phi) is 7.68. The van der Waals surface area contributed by atoms with Crippen molar-refractivity contribution in [3.05, 3.63) is 77.9 Å². The number of benzene rings is 2. The Labute approximate surface area is 196 Å². The number of nitrogens with zero attached hydrogens (tertiary/aromatic N) is 3. The van der Waals surface area contributed by atoms with Crippen molar-refractivity contribution in [2.45, 2.75) is 51.8 Å². The number of aromatic nitrogens is 2. The van der Waals surface area contributed by atoms with Crippen molar-refractivity contribution in [3.63, 3.8) is 0 Å². The highest BCUT2D eigenvalue weighted by atomic mass is 16.5. The number of aryl methyl sites for hydroxylation is 2. The van der Waals surface area contributed by atoms with Gasteiger partial charge in [-0.05, 0) is 69.5 Å². The van der Waals surface area contributed by atoms with Crippen LogP contribution in [0, 0.1) is 13.8 Å². The summed E-state index contributed by atoms with van der Waals surface area (Å²) in [6.45, 7) is 8.52. The lowest BCUT2D eigenvalue weighted by Gasteiger charge is -2.27. The second-order valence-electron chi connectivity index (χ2n) is 9.12. The van der Waals surface area contributed by atoms with Gasteiger partial charge in [0.2, 0.25) is 0 Å². The van der Waals surface area contributed by atoms with Gasteiger partial charge in [-0.25, -0.2) is 4.98 Å². The fraction of sp³-hybridized carbons (Fsp3) is 0.444. The molecule has 2 heterocycles. The first-order valence-corrected chi connectivity index (χ1v) is 11.8. The van der Waals surface area contributed by atoms with E-state index < -0.39 is 5.60 Å². The maximum Gasteiger partial charge on any atom is 0.119 e. The van der Waals surface area contributed by atoms with Crippen molar-refractivity contribution in [2.24, 2.45) is 0 Å². The predicted molar refractivity (Wildman–Crippen MR) is 130 cm³/mol. The zero-order valence-electron chi connectivity index (χ0n) is 19.7. The largest absolute Gasteiger partial charge is 0.492 e. The molecule has 1 aliphatic heterocycles. The van der Waals surface area contributed by atoms with Gasteiger partial charge in [-0.15, -0.1) is 0 Å². The Morgan fingerprint density at radius 3 is 2.39 bits per heavy atom. The summed E-state index contributed by atoms with van der Waals surface area (Å²) in [4.78, 5) is 6.65. The summed E-state index contributed by atoms with van der Waals surface area (Å²) >= 11 is 0. The summed E-state index contributed by atoms with van der Waals surface area (Å²) in [5.74, 6) is 2.70. The van der Waals surface area contributed by atoms with Crippen LogP contribution in [-0.4, -0.2) is 51.5 Å². The van der Waals surface area contributed by atoms with E-state index in [4.69, 9.17) is 9.47 Å². The average molecular weight is 450 g/mol. The molecule has 1 aromatic heterocycles. The van der Waals surface area contributed by atoms with Gasteiger partial charge in [0.25, 0.3) is 0 Å². The van der Waals surface area contributed by atoms with Crippen molar-refractivity contribution in [1.29, 1.82) is 0 Å². The van der Waals surface area contributed by atoms with Gasteiger partial charge in [-0.2, -0.15) is 0 Å². The van der Waals surface area contributed by atoms with E-state index in [1.807, 2.05) is 55.7 Å². The Hall–Kier alpha value is -2.83. The zero-order chi connectivity index (χ0) is 23.1. The summed E-state index contributed by atoms with van der Waals surface area (Å²) in [7, 11) is 0. The van der Waals surface area contributed by atoms with Gasteiger partial charge in [-0.3, -0.25) is 4.90 Å². The van der Waals surface area contributed by atoms with Gasteiger partial charge in [0.15, 0.2) is 0 Å². The van der Waals surface area contributed by atoms with Crippen LogP contribution >= 0.6 is 0 Å². The lowest BCUT2D eigenvalue weighted by Crippen LogP contribution is -2.37. The molecule has 2 aromatic carbocycles. The molecule has 0 radical (unpaired) electrons. The molecule has 0 spiro atoms. The third-order valence-electron chi connectivity index (χ3n) is 6.39. The minimum Gasteiger partial charge on any atom is -0.492 e. The second-order valence-corrected chi connectivity index (χ2v) is 9.12. The Balaban J connectivity index is 1.22. The SMILES string of the molecule is Cc1ccc(OCC2(O)CCCN(Cc3ccc(OCCn4ccnc4C)cc3)CC2)cc1. The van der Waals surface area contributed by atoms with Crippen LogP contribution in [0.3, 0.4) is 0 Å². The van der Waals surface area contributed by atoms with Crippen molar-refractivity contribution in [2.75, 3.05) is 26.3 Å². The van der Waals surface area contributed by atoms with Crippen LogP contribution in [0.1, 0.15) is 36.2 Å². The van der Waals surface area contributed by atoms with Gasteiger partial charge < -0.3 is 19.1 Å². The third kappa shape index (κ3) is 6.83. The summed E-state index contributed by atoms with van der Waals surface area (Å²) in [6, 6.07) is 16.3. The van der Waals surface area contributed by atoms with E-state index in [0.29, 0.717) is 19.6 Å². The Morgan fingerprint density at radius 1 is 0.939 bits per heavy atom. The third-order valence-corrected chi connectivity index (χ3v) is 6.39. The molecule has 0 saturated carbocycles. The minimum atomic E-state index is -0.773. The molecule has 0 aliphatic carbocycles. The number of hydrogen-bond acceptors (Lipinski definition) is 5. The fourth-order valence-electron chi connectivity index (χ4n) is 4.24. The normalized spacial score (nSPS) is 19.2. The maximum absolute atomic E-state index is 11.1. The number of ether oxygens (including phenoxy) is 2. The van der Waals surface area contributed by atoms with E-state index >= 15 is 0 Å². The van der Waals surface area contributed by atoms with Crippen LogP contribution in [0.25, 0.3) is 0 Å². The van der Waals surface area contributed by atoms with Gasteiger partial charge in [0.05, 0.1) is 12.1 Å². The molecule has 4 rings (SSSR count). The fourth-order valence-corrected chi connectivity index (χ4v) is 4.24. The van der Waals surface area contributed by atoms with Crippen molar-refractivity contribution in [1.82, 2.24) is 14.5 Å². The summed E-state index contributed by atoms with van der Waals surface area (Å²) < 4.78 is 13.9. The van der Waals surface area contributed by atoms with Gasteiger partial charge in [0.1, 0.15) is 30.5 Å². The summed E-state index contributed by atoms with van der Waals surface area (Å²) in [5.41, 5.74) is 1.69. The number of hydrogen-bond donors (Lipinski definition) is 1. The van der Waals surface area contributed by atoms with Crippen LogP contribution < -0.4 is 9.47 Å². The highest BCUT2D eigenvalue weighted by Gasteiger charge is 2.31. The Bertz CT molecular complexity index is 1000. The summed E-state index contributed by atoms with van der Waals surface area (Å²) in [6.07, 6.45) is 6.22. The molecule has 6 nitrogen and oxygen atoms in total. The molecule has 0 amide bonds. The standard InChI is InChI=1S/C27H35N3O3/c1-22-4-8-26(9-5-22)33-21-27(31)12-3-15-29(16-13-27)20-24-6-10-25(11-7-24)32-19-18-30-17-14-28-23(30)2/h4-11,14,17,31H,3,12-13,15-16,18-21H2,1-2H3. The highest BCUT2D eigenvalue weighted by molar-refractivity contribution is 5.27. The van der Waals surface area contributed by atoms with Gasteiger partial charge in [0, 0.05) is 25.5 Å². The molecular formula is C27H35N3O3. The average Bonchev–Trinajstić information content (AvgIpc) is 3.13. The molecule has 1 fully saturated rings. The number of likely N-dealkylation sites (tertiary alicyclic amines) is 1. The van der Waals surface area contributed by atoms with Crippen LogP contribution in [0.15, 0.2) is 60.9 Å². The number of rotatable bonds is 9. The molecule has 1 atom stereocenters. The van der Waals surface area contributed by atoms with Crippen molar-refractivity contribution < 1.29 is 14.6 Å². The quantitative estimate of drug-likeness (QED) is 0.526.